The molecule has 0 saturated heterocycles. The van der Waals surface area contributed by atoms with Crippen LogP contribution in [0.1, 0.15) is 46.0 Å². The Hall–Kier alpha value is -1.05. The zero-order chi connectivity index (χ0) is 10.6. The molecule has 0 atom stereocenters. The van der Waals surface area contributed by atoms with Crippen LogP contribution in [-0.2, 0) is 4.79 Å². The first-order chi connectivity index (χ1) is 6.70. The standard InChI is InChI=1S/C12H18O2/c1-3-9-7-5-6-8-11(9)10(4-2)12(13)14/h4H,3,5-8H2,1-2H3,(H,13,14)/b10-4+. The molecular formula is C12H18O2. The molecule has 1 N–H and O–H groups in total. The average molecular weight is 194 g/mol. The second-order valence-electron chi connectivity index (χ2n) is 3.65. The molecule has 0 aromatic heterocycles. The summed E-state index contributed by atoms with van der Waals surface area (Å²) < 4.78 is 0. The van der Waals surface area contributed by atoms with Crippen LogP contribution in [0, 0.1) is 0 Å². The van der Waals surface area contributed by atoms with Crippen molar-refractivity contribution in [2.24, 2.45) is 0 Å². The molecule has 0 bridgehead atoms. The summed E-state index contributed by atoms with van der Waals surface area (Å²) in [6.45, 7) is 3.91. The summed E-state index contributed by atoms with van der Waals surface area (Å²) in [4.78, 5) is 11.0. The van der Waals surface area contributed by atoms with E-state index < -0.39 is 5.97 Å². The fourth-order valence-corrected chi connectivity index (χ4v) is 2.11. The first-order valence-electron chi connectivity index (χ1n) is 5.31. The van der Waals surface area contributed by atoms with Crippen molar-refractivity contribution in [2.45, 2.75) is 46.0 Å². The molecule has 14 heavy (non-hydrogen) atoms. The molecule has 0 aromatic carbocycles. The summed E-state index contributed by atoms with van der Waals surface area (Å²) >= 11 is 0. The van der Waals surface area contributed by atoms with Crippen molar-refractivity contribution in [1.29, 1.82) is 0 Å². The lowest BCUT2D eigenvalue weighted by atomic mass is 9.86. The summed E-state index contributed by atoms with van der Waals surface area (Å²) in [5, 5.41) is 9.04. The Labute approximate surface area is 85.3 Å². The molecule has 2 nitrogen and oxygen atoms in total. The van der Waals surface area contributed by atoms with Crippen LogP contribution in [0.5, 0.6) is 0 Å². The number of carboxylic acid groups (broad SMARTS) is 1. The molecule has 0 aromatic rings. The second-order valence-corrected chi connectivity index (χ2v) is 3.65. The maximum atomic E-state index is 11.0. The summed E-state index contributed by atoms with van der Waals surface area (Å²) in [5.74, 6) is -0.782. The summed E-state index contributed by atoms with van der Waals surface area (Å²) in [6, 6.07) is 0. The van der Waals surface area contributed by atoms with Crippen molar-refractivity contribution in [3.8, 4) is 0 Å². The van der Waals surface area contributed by atoms with Crippen LogP contribution in [0.25, 0.3) is 0 Å². The number of hydrogen-bond acceptors (Lipinski definition) is 1. The van der Waals surface area contributed by atoms with E-state index in [4.69, 9.17) is 5.11 Å². The molecule has 0 radical (unpaired) electrons. The normalized spacial score (nSPS) is 18.6. The second kappa shape index (κ2) is 4.99. The van der Waals surface area contributed by atoms with Gasteiger partial charge in [0.15, 0.2) is 0 Å². The SMILES string of the molecule is C/C=C(/C(=O)O)C1=C(CC)CCCC1. The largest absolute Gasteiger partial charge is 0.478 e. The Morgan fingerprint density at radius 2 is 2.07 bits per heavy atom. The van der Waals surface area contributed by atoms with Crippen molar-refractivity contribution in [3.63, 3.8) is 0 Å². The average Bonchev–Trinajstić information content (AvgIpc) is 2.19. The van der Waals surface area contributed by atoms with E-state index in [2.05, 4.69) is 6.92 Å². The molecule has 1 aliphatic carbocycles. The van der Waals surface area contributed by atoms with Crippen LogP contribution in [0.2, 0.25) is 0 Å². The van der Waals surface area contributed by atoms with Gasteiger partial charge < -0.3 is 5.11 Å². The zero-order valence-electron chi connectivity index (χ0n) is 8.97. The van der Waals surface area contributed by atoms with Gasteiger partial charge >= 0.3 is 5.97 Å². The third-order valence-corrected chi connectivity index (χ3v) is 2.85. The highest BCUT2D eigenvalue weighted by molar-refractivity contribution is 5.92. The topological polar surface area (TPSA) is 37.3 Å². The monoisotopic (exact) mass is 194 g/mol. The van der Waals surface area contributed by atoms with E-state index >= 15 is 0 Å². The molecule has 0 amide bonds. The highest BCUT2D eigenvalue weighted by atomic mass is 16.4. The Balaban J connectivity index is 3.02. The number of aliphatic carboxylic acids is 1. The van der Waals surface area contributed by atoms with Crippen LogP contribution in [0.15, 0.2) is 22.8 Å². The van der Waals surface area contributed by atoms with Crippen LogP contribution < -0.4 is 0 Å². The Kier molecular flexibility index (Phi) is 3.93. The van der Waals surface area contributed by atoms with Crippen LogP contribution in [0.4, 0.5) is 0 Å². The van der Waals surface area contributed by atoms with E-state index in [1.54, 1.807) is 13.0 Å². The molecule has 2 heteroatoms. The van der Waals surface area contributed by atoms with Crippen LogP contribution >= 0.6 is 0 Å². The minimum Gasteiger partial charge on any atom is -0.478 e. The van der Waals surface area contributed by atoms with Gasteiger partial charge in [-0.25, -0.2) is 4.79 Å². The molecule has 0 aliphatic heterocycles. The molecule has 1 aliphatic rings. The predicted octanol–water partition coefficient (Wildman–Crippen LogP) is 3.30. The van der Waals surface area contributed by atoms with Gasteiger partial charge in [0.1, 0.15) is 0 Å². The highest BCUT2D eigenvalue weighted by Gasteiger charge is 2.18. The molecular weight excluding hydrogens is 176 g/mol. The molecule has 78 valence electrons. The van der Waals surface area contributed by atoms with Gasteiger partial charge in [-0.2, -0.15) is 0 Å². The summed E-state index contributed by atoms with van der Waals surface area (Å²) in [5.41, 5.74) is 2.95. The lowest BCUT2D eigenvalue weighted by Gasteiger charge is -2.19. The lowest BCUT2D eigenvalue weighted by molar-refractivity contribution is -0.132. The number of rotatable bonds is 3. The van der Waals surface area contributed by atoms with Crippen molar-refractivity contribution in [3.05, 3.63) is 22.8 Å². The Morgan fingerprint density at radius 1 is 1.43 bits per heavy atom. The zero-order valence-corrected chi connectivity index (χ0v) is 8.97. The first-order valence-corrected chi connectivity index (χ1v) is 5.31. The fourth-order valence-electron chi connectivity index (χ4n) is 2.11. The van der Waals surface area contributed by atoms with Gasteiger partial charge in [-0.1, -0.05) is 18.6 Å². The molecule has 0 unspecified atom stereocenters. The highest BCUT2D eigenvalue weighted by Crippen LogP contribution is 2.31. The summed E-state index contributed by atoms with van der Waals surface area (Å²) in [7, 11) is 0. The van der Waals surface area contributed by atoms with Gasteiger partial charge in [0.05, 0.1) is 5.57 Å². The van der Waals surface area contributed by atoms with Gasteiger partial charge in [0.2, 0.25) is 0 Å². The molecule has 0 saturated carbocycles. The molecule has 0 fully saturated rings. The van der Waals surface area contributed by atoms with Gasteiger partial charge in [-0.15, -0.1) is 0 Å². The third kappa shape index (κ3) is 2.25. The minimum absolute atomic E-state index is 0.515. The molecule has 0 spiro atoms. The number of hydrogen-bond donors (Lipinski definition) is 1. The van der Waals surface area contributed by atoms with Gasteiger partial charge in [0.25, 0.3) is 0 Å². The van der Waals surface area contributed by atoms with Crippen molar-refractivity contribution in [1.82, 2.24) is 0 Å². The fraction of sp³-hybridized carbons (Fsp3) is 0.583. The number of carboxylic acids is 1. The van der Waals surface area contributed by atoms with E-state index in [-0.39, 0.29) is 0 Å². The lowest BCUT2D eigenvalue weighted by Crippen LogP contribution is -2.09. The number of carbonyl (C=O) groups is 1. The van der Waals surface area contributed by atoms with Gasteiger partial charge in [-0.05, 0) is 44.6 Å². The van der Waals surface area contributed by atoms with E-state index in [1.807, 2.05) is 0 Å². The van der Waals surface area contributed by atoms with Crippen molar-refractivity contribution < 1.29 is 9.90 Å². The number of allylic oxidation sites excluding steroid dienone is 2. The summed E-state index contributed by atoms with van der Waals surface area (Å²) in [6.07, 6.45) is 7.07. The predicted molar refractivity (Wildman–Crippen MR) is 57.2 cm³/mol. The Morgan fingerprint density at radius 3 is 2.57 bits per heavy atom. The first kappa shape index (κ1) is 11.0. The molecule has 0 heterocycles. The maximum Gasteiger partial charge on any atom is 0.335 e. The van der Waals surface area contributed by atoms with Crippen LogP contribution in [0.3, 0.4) is 0 Å². The van der Waals surface area contributed by atoms with Crippen LogP contribution in [-0.4, -0.2) is 11.1 Å². The van der Waals surface area contributed by atoms with Crippen molar-refractivity contribution in [2.75, 3.05) is 0 Å². The van der Waals surface area contributed by atoms with E-state index in [9.17, 15) is 4.79 Å². The van der Waals surface area contributed by atoms with E-state index in [0.29, 0.717) is 5.57 Å². The Bertz CT molecular complexity index is 285. The minimum atomic E-state index is -0.782. The maximum absolute atomic E-state index is 11.0. The molecule has 1 rings (SSSR count). The smallest absolute Gasteiger partial charge is 0.335 e. The third-order valence-electron chi connectivity index (χ3n) is 2.85. The van der Waals surface area contributed by atoms with Crippen molar-refractivity contribution >= 4 is 5.97 Å². The van der Waals surface area contributed by atoms with E-state index in [0.717, 1.165) is 31.3 Å². The van der Waals surface area contributed by atoms with E-state index in [1.165, 1.54) is 12.0 Å². The van der Waals surface area contributed by atoms with Gasteiger partial charge in [0, 0.05) is 0 Å². The quantitative estimate of drug-likeness (QED) is 0.700. The van der Waals surface area contributed by atoms with Gasteiger partial charge in [-0.3, -0.25) is 0 Å².